The van der Waals surface area contributed by atoms with E-state index in [1.54, 1.807) is 11.0 Å². The largest absolute Gasteiger partial charge is 0.357 e. The van der Waals surface area contributed by atoms with Crippen molar-refractivity contribution in [1.82, 2.24) is 25.4 Å². The van der Waals surface area contributed by atoms with Gasteiger partial charge in [-0.25, -0.2) is 23.1 Å². The highest BCUT2D eigenvalue weighted by atomic mass is 127. The Morgan fingerprint density at radius 1 is 1.32 bits per heavy atom. The molecule has 0 aliphatic carbocycles. The normalized spacial score (nSPS) is 12.9. The van der Waals surface area contributed by atoms with E-state index in [1.807, 2.05) is 32.0 Å². The lowest BCUT2D eigenvalue weighted by atomic mass is 10.1. The number of hydrogen-bond donors (Lipinski definition) is 2. The first kappa shape index (κ1) is 24.3. The Morgan fingerprint density at radius 3 is 2.71 bits per heavy atom. The van der Waals surface area contributed by atoms with E-state index >= 15 is 0 Å². The van der Waals surface area contributed by atoms with Gasteiger partial charge < -0.3 is 10.6 Å². The van der Waals surface area contributed by atoms with Crippen LogP contribution in [0.5, 0.6) is 0 Å². The predicted octanol–water partition coefficient (Wildman–Crippen LogP) is 1.82. The monoisotopic (exact) mass is 520 g/mol. The SMILES string of the molecule is CCNC(=NCc1cccc(Cn2cncn2)c1)NC(C)CCS(C)(=O)=O.I. The van der Waals surface area contributed by atoms with Crippen molar-refractivity contribution < 1.29 is 8.42 Å². The van der Waals surface area contributed by atoms with Crippen LogP contribution < -0.4 is 10.6 Å². The molecule has 0 aliphatic heterocycles. The van der Waals surface area contributed by atoms with Crippen LogP contribution in [0.1, 0.15) is 31.4 Å². The highest BCUT2D eigenvalue weighted by Crippen LogP contribution is 2.08. The molecule has 28 heavy (non-hydrogen) atoms. The smallest absolute Gasteiger partial charge is 0.191 e. The first-order valence-electron chi connectivity index (χ1n) is 8.98. The molecule has 1 aromatic carbocycles. The summed E-state index contributed by atoms with van der Waals surface area (Å²) < 4.78 is 24.4. The molecule has 0 bridgehead atoms. The zero-order chi connectivity index (χ0) is 19.7. The minimum Gasteiger partial charge on any atom is -0.357 e. The summed E-state index contributed by atoms with van der Waals surface area (Å²) in [6, 6.07) is 8.20. The molecule has 8 nitrogen and oxygen atoms in total. The Hall–Kier alpha value is -1.69. The number of aromatic nitrogens is 3. The first-order chi connectivity index (χ1) is 12.9. The van der Waals surface area contributed by atoms with E-state index < -0.39 is 9.84 Å². The highest BCUT2D eigenvalue weighted by molar-refractivity contribution is 14.0. The number of hydrogen-bond acceptors (Lipinski definition) is 5. The van der Waals surface area contributed by atoms with Gasteiger partial charge in [-0.05, 0) is 31.4 Å². The number of sulfone groups is 1. The molecule has 0 saturated carbocycles. The third-order valence-corrected chi connectivity index (χ3v) is 4.85. The van der Waals surface area contributed by atoms with Gasteiger partial charge in [-0.2, -0.15) is 5.10 Å². The second kappa shape index (κ2) is 12.0. The van der Waals surface area contributed by atoms with Gasteiger partial charge in [-0.1, -0.05) is 24.3 Å². The van der Waals surface area contributed by atoms with Crippen molar-refractivity contribution in [3.63, 3.8) is 0 Å². The third-order valence-electron chi connectivity index (χ3n) is 3.87. The van der Waals surface area contributed by atoms with Gasteiger partial charge >= 0.3 is 0 Å². The van der Waals surface area contributed by atoms with Crippen LogP contribution in [0.2, 0.25) is 0 Å². The molecule has 0 aliphatic rings. The molecule has 1 unspecified atom stereocenters. The van der Waals surface area contributed by atoms with E-state index in [9.17, 15) is 8.42 Å². The minimum atomic E-state index is -2.96. The predicted molar refractivity (Wildman–Crippen MR) is 123 cm³/mol. The number of aliphatic imine (C=N–C) groups is 1. The molecule has 10 heteroatoms. The van der Waals surface area contributed by atoms with Crippen LogP contribution in [0, 0.1) is 0 Å². The van der Waals surface area contributed by atoms with Crippen molar-refractivity contribution in [3.8, 4) is 0 Å². The van der Waals surface area contributed by atoms with Crippen molar-refractivity contribution in [3.05, 3.63) is 48.0 Å². The maximum atomic E-state index is 11.3. The molecular formula is C18H29IN6O2S. The molecule has 2 aromatic rings. The lowest BCUT2D eigenvalue weighted by Gasteiger charge is -2.17. The Balaban J connectivity index is 0.00000392. The summed E-state index contributed by atoms with van der Waals surface area (Å²) >= 11 is 0. The summed E-state index contributed by atoms with van der Waals surface area (Å²) in [7, 11) is -2.96. The Morgan fingerprint density at radius 2 is 2.07 bits per heavy atom. The van der Waals surface area contributed by atoms with Crippen molar-refractivity contribution in [2.75, 3.05) is 18.6 Å². The van der Waals surface area contributed by atoms with Crippen LogP contribution in [0.25, 0.3) is 0 Å². The molecule has 156 valence electrons. The number of nitrogens with zero attached hydrogens (tertiary/aromatic N) is 4. The molecule has 0 saturated heterocycles. The van der Waals surface area contributed by atoms with Gasteiger partial charge in [0, 0.05) is 18.8 Å². The van der Waals surface area contributed by atoms with Crippen LogP contribution in [-0.4, -0.2) is 53.7 Å². The van der Waals surface area contributed by atoms with Crippen molar-refractivity contribution in [1.29, 1.82) is 0 Å². The Kier molecular flexibility index (Phi) is 10.4. The number of benzene rings is 1. The Bertz CT molecular complexity index is 840. The van der Waals surface area contributed by atoms with Crippen molar-refractivity contribution in [2.24, 2.45) is 4.99 Å². The fourth-order valence-corrected chi connectivity index (χ4v) is 3.30. The van der Waals surface area contributed by atoms with Crippen LogP contribution in [0.3, 0.4) is 0 Å². The number of nitrogens with one attached hydrogen (secondary N) is 2. The maximum Gasteiger partial charge on any atom is 0.191 e. The maximum absolute atomic E-state index is 11.3. The van der Waals surface area contributed by atoms with Gasteiger partial charge in [0.2, 0.25) is 0 Å². The van der Waals surface area contributed by atoms with Crippen LogP contribution in [0.15, 0.2) is 41.9 Å². The summed E-state index contributed by atoms with van der Waals surface area (Å²) in [5.41, 5.74) is 2.22. The van der Waals surface area contributed by atoms with Gasteiger partial charge in [0.05, 0.1) is 18.8 Å². The van der Waals surface area contributed by atoms with E-state index in [4.69, 9.17) is 0 Å². The fourth-order valence-electron chi connectivity index (χ4n) is 2.51. The lowest BCUT2D eigenvalue weighted by molar-refractivity contribution is 0.581. The minimum absolute atomic E-state index is 0. The standard InChI is InChI=1S/C18H28N6O2S.HI/c1-4-20-18(23-15(2)8-9-27(3,25)26)21-11-16-6-5-7-17(10-16)12-24-14-19-13-22-24;/h5-7,10,13-15H,4,8-9,11-12H2,1-3H3,(H2,20,21,23);1H. The molecule has 2 N–H and O–H groups in total. The summed E-state index contributed by atoms with van der Waals surface area (Å²) in [5, 5.41) is 10.6. The molecule has 1 atom stereocenters. The lowest BCUT2D eigenvalue weighted by Crippen LogP contribution is -2.42. The topological polar surface area (TPSA) is 101 Å². The van der Waals surface area contributed by atoms with Gasteiger partial charge in [-0.15, -0.1) is 24.0 Å². The summed E-state index contributed by atoms with van der Waals surface area (Å²) in [4.78, 5) is 8.57. The molecule has 0 spiro atoms. The molecule has 1 aromatic heterocycles. The fraction of sp³-hybridized carbons (Fsp3) is 0.500. The van der Waals surface area contributed by atoms with Crippen molar-refractivity contribution in [2.45, 2.75) is 39.4 Å². The summed E-state index contributed by atoms with van der Waals surface area (Å²) in [6.45, 7) is 5.88. The van der Waals surface area contributed by atoms with E-state index in [0.717, 1.165) is 17.7 Å². The third kappa shape index (κ3) is 9.49. The first-order valence-corrected chi connectivity index (χ1v) is 11.0. The molecule has 0 amide bonds. The second-order valence-electron chi connectivity index (χ2n) is 6.57. The van der Waals surface area contributed by atoms with Gasteiger partial charge in [0.15, 0.2) is 5.96 Å². The van der Waals surface area contributed by atoms with E-state index in [0.29, 0.717) is 25.5 Å². The second-order valence-corrected chi connectivity index (χ2v) is 8.83. The number of guanidine groups is 1. The van der Waals surface area contributed by atoms with E-state index in [-0.39, 0.29) is 35.8 Å². The molecule has 0 radical (unpaired) electrons. The van der Waals surface area contributed by atoms with Gasteiger partial charge in [-0.3, -0.25) is 0 Å². The number of rotatable bonds is 9. The summed E-state index contributed by atoms with van der Waals surface area (Å²) in [6.07, 6.45) is 5.01. The van der Waals surface area contributed by atoms with Gasteiger partial charge in [0.25, 0.3) is 0 Å². The average Bonchev–Trinajstić information content (AvgIpc) is 3.11. The zero-order valence-electron chi connectivity index (χ0n) is 16.5. The van der Waals surface area contributed by atoms with Crippen LogP contribution >= 0.6 is 24.0 Å². The molecule has 1 heterocycles. The highest BCUT2D eigenvalue weighted by Gasteiger charge is 2.09. The molecule has 2 rings (SSSR count). The summed E-state index contributed by atoms with van der Waals surface area (Å²) in [5.74, 6) is 0.838. The molecular weight excluding hydrogens is 491 g/mol. The van der Waals surface area contributed by atoms with E-state index in [1.165, 1.54) is 12.6 Å². The Labute approximate surface area is 184 Å². The van der Waals surface area contributed by atoms with E-state index in [2.05, 4.69) is 31.8 Å². The quantitative estimate of drug-likeness (QED) is 0.297. The van der Waals surface area contributed by atoms with Crippen LogP contribution in [0.4, 0.5) is 0 Å². The molecule has 0 fully saturated rings. The van der Waals surface area contributed by atoms with Crippen LogP contribution in [-0.2, 0) is 22.9 Å². The number of halogens is 1. The van der Waals surface area contributed by atoms with Gasteiger partial charge in [0.1, 0.15) is 22.5 Å². The zero-order valence-corrected chi connectivity index (χ0v) is 19.6. The van der Waals surface area contributed by atoms with Crippen molar-refractivity contribution >= 4 is 39.8 Å². The average molecular weight is 520 g/mol.